The van der Waals surface area contributed by atoms with E-state index >= 15 is 0 Å². The van der Waals surface area contributed by atoms with Crippen molar-refractivity contribution in [3.05, 3.63) is 28.8 Å². The normalized spacial score (nSPS) is 19.1. The molecule has 0 spiro atoms. The monoisotopic (exact) mass is 243 g/mol. The number of carbonyl (C=O) groups is 2. The molecule has 0 saturated heterocycles. The van der Waals surface area contributed by atoms with Gasteiger partial charge in [-0.05, 0) is 49.8 Å². The van der Waals surface area contributed by atoms with E-state index in [2.05, 4.69) is 0 Å². The van der Waals surface area contributed by atoms with Gasteiger partial charge >= 0.3 is 0 Å². The average Bonchev–Trinajstić information content (AvgIpc) is 2.48. The van der Waals surface area contributed by atoms with Gasteiger partial charge in [-0.15, -0.1) is 0 Å². The van der Waals surface area contributed by atoms with Crippen LogP contribution in [0.15, 0.2) is 12.1 Å². The Morgan fingerprint density at radius 2 is 1.94 bits per heavy atom. The Morgan fingerprint density at radius 1 is 1.22 bits per heavy atom. The molecule has 1 aromatic carbocycles. The summed E-state index contributed by atoms with van der Waals surface area (Å²) in [5.74, 6) is -0.102. The zero-order chi connectivity index (χ0) is 12.9. The Labute approximate surface area is 107 Å². The number of hydrogen-bond donors (Lipinski definition) is 0. The van der Waals surface area contributed by atoms with Gasteiger partial charge in [0.25, 0.3) is 11.7 Å². The summed E-state index contributed by atoms with van der Waals surface area (Å²) in [4.78, 5) is 25.8. The van der Waals surface area contributed by atoms with Gasteiger partial charge in [-0.3, -0.25) is 9.59 Å². The highest BCUT2D eigenvalue weighted by atomic mass is 16.2. The van der Waals surface area contributed by atoms with E-state index in [1.807, 2.05) is 26.0 Å². The molecule has 1 aliphatic carbocycles. The van der Waals surface area contributed by atoms with Crippen LogP contribution in [0.25, 0.3) is 0 Å². The van der Waals surface area contributed by atoms with Gasteiger partial charge in [-0.1, -0.05) is 12.5 Å². The first-order chi connectivity index (χ1) is 8.58. The Balaban J connectivity index is 2.02. The van der Waals surface area contributed by atoms with Crippen molar-refractivity contribution in [1.82, 2.24) is 0 Å². The number of Topliss-reactive ketones (excluding diaryl/α,β-unsaturated/α-hetero) is 1. The maximum absolute atomic E-state index is 12.1. The van der Waals surface area contributed by atoms with Gasteiger partial charge in [-0.2, -0.15) is 0 Å². The molecule has 1 amide bonds. The van der Waals surface area contributed by atoms with E-state index in [4.69, 9.17) is 0 Å². The molecule has 1 heterocycles. The highest BCUT2D eigenvalue weighted by molar-refractivity contribution is 6.52. The number of hydrogen-bond acceptors (Lipinski definition) is 2. The third kappa shape index (κ3) is 1.57. The predicted molar refractivity (Wildman–Crippen MR) is 69.9 cm³/mol. The molecule has 2 aliphatic rings. The molecule has 0 unspecified atom stereocenters. The third-order valence-corrected chi connectivity index (χ3v) is 4.06. The predicted octanol–water partition coefficient (Wildman–Crippen LogP) is 2.63. The fourth-order valence-electron chi connectivity index (χ4n) is 2.94. The standard InChI is InChI=1S/C15H17NO2/c1-9-6-10(2)13-12(7-9)14(17)15(18)16(13)8-11-4-3-5-11/h6-7,11H,3-5,8H2,1-2H3. The molecular weight excluding hydrogens is 226 g/mol. The smallest absolute Gasteiger partial charge is 0.299 e. The van der Waals surface area contributed by atoms with Gasteiger partial charge in [-0.25, -0.2) is 0 Å². The summed E-state index contributed by atoms with van der Waals surface area (Å²) < 4.78 is 0. The molecule has 94 valence electrons. The number of anilines is 1. The highest BCUT2D eigenvalue weighted by Gasteiger charge is 2.38. The summed E-state index contributed by atoms with van der Waals surface area (Å²) in [6.07, 6.45) is 3.61. The molecule has 1 aromatic rings. The van der Waals surface area contributed by atoms with Crippen molar-refractivity contribution in [2.24, 2.45) is 5.92 Å². The number of carbonyl (C=O) groups excluding carboxylic acids is 2. The van der Waals surface area contributed by atoms with Crippen LogP contribution in [0.1, 0.15) is 40.7 Å². The van der Waals surface area contributed by atoms with E-state index in [1.165, 1.54) is 19.3 Å². The largest absolute Gasteiger partial charge is 0.304 e. The molecule has 3 heteroatoms. The molecule has 1 aliphatic heterocycles. The zero-order valence-electron chi connectivity index (χ0n) is 10.8. The maximum atomic E-state index is 12.1. The number of rotatable bonds is 2. The molecule has 0 aromatic heterocycles. The molecule has 1 fully saturated rings. The first-order valence-corrected chi connectivity index (χ1v) is 6.55. The van der Waals surface area contributed by atoms with E-state index in [1.54, 1.807) is 4.90 Å². The highest BCUT2D eigenvalue weighted by Crippen LogP contribution is 2.36. The van der Waals surface area contributed by atoms with E-state index in [9.17, 15) is 9.59 Å². The molecule has 3 rings (SSSR count). The Morgan fingerprint density at radius 3 is 2.56 bits per heavy atom. The first-order valence-electron chi connectivity index (χ1n) is 6.55. The van der Waals surface area contributed by atoms with Crippen LogP contribution in [-0.4, -0.2) is 18.2 Å². The minimum Gasteiger partial charge on any atom is -0.304 e. The maximum Gasteiger partial charge on any atom is 0.299 e. The number of benzene rings is 1. The fraction of sp³-hybridized carbons (Fsp3) is 0.467. The van der Waals surface area contributed by atoms with Crippen molar-refractivity contribution in [2.75, 3.05) is 11.4 Å². The van der Waals surface area contributed by atoms with Crippen LogP contribution >= 0.6 is 0 Å². The summed E-state index contributed by atoms with van der Waals surface area (Å²) in [6.45, 7) is 4.65. The van der Waals surface area contributed by atoms with E-state index < -0.39 is 0 Å². The van der Waals surface area contributed by atoms with E-state index in [-0.39, 0.29) is 11.7 Å². The Bertz CT molecular complexity index is 544. The molecule has 1 saturated carbocycles. The van der Waals surface area contributed by atoms with Crippen molar-refractivity contribution in [3.63, 3.8) is 0 Å². The quantitative estimate of drug-likeness (QED) is 0.749. The second-order valence-electron chi connectivity index (χ2n) is 5.52. The third-order valence-electron chi connectivity index (χ3n) is 4.06. The molecule has 0 radical (unpaired) electrons. The Hall–Kier alpha value is -1.64. The second-order valence-corrected chi connectivity index (χ2v) is 5.52. The van der Waals surface area contributed by atoms with Crippen LogP contribution in [0, 0.1) is 19.8 Å². The van der Waals surface area contributed by atoms with Crippen LogP contribution in [0.4, 0.5) is 5.69 Å². The molecule has 0 atom stereocenters. The van der Waals surface area contributed by atoms with Crippen molar-refractivity contribution in [2.45, 2.75) is 33.1 Å². The SMILES string of the molecule is Cc1cc(C)c2c(c1)C(=O)C(=O)N2CC1CCC1. The molecule has 0 bridgehead atoms. The van der Waals surface area contributed by atoms with Gasteiger partial charge in [0.05, 0.1) is 11.3 Å². The molecule has 3 nitrogen and oxygen atoms in total. The van der Waals surface area contributed by atoms with Gasteiger partial charge < -0.3 is 4.90 Å². The first kappa shape index (κ1) is 11.5. The lowest BCUT2D eigenvalue weighted by atomic mass is 9.85. The zero-order valence-corrected chi connectivity index (χ0v) is 10.8. The van der Waals surface area contributed by atoms with E-state index in [0.717, 1.165) is 16.8 Å². The van der Waals surface area contributed by atoms with Gasteiger partial charge in [0, 0.05) is 6.54 Å². The van der Waals surface area contributed by atoms with Crippen LogP contribution in [0.5, 0.6) is 0 Å². The lowest BCUT2D eigenvalue weighted by Crippen LogP contribution is -2.36. The summed E-state index contributed by atoms with van der Waals surface area (Å²) in [5.41, 5.74) is 3.51. The summed E-state index contributed by atoms with van der Waals surface area (Å²) in [6, 6.07) is 3.88. The van der Waals surface area contributed by atoms with Gasteiger partial charge in [0.1, 0.15) is 0 Å². The lowest BCUT2D eigenvalue weighted by molar-refractivity contribution is -0.114. The topological polar surface area (TPSA) is 37.4 Å². The van der Waals surface area contributed by atoms with Crippen LogP contribution in [0.2, 0.25) is 0 Å². The number of nitrogens with zero attached hydrogens (tertiary/aromatic N) is 1. The van der Waals surface area contributed by atoms with Crippen molar-refractivity contribution >= 4 is 17.4 Å². The number of fused-ring (bicyclic) bond motifs is 1. The number of ketones is 1. The van der Waals surface area contributed by atoms with Crippen molar-refractivity contribution < 1.29 is 9.59 Å². The fourth-order valence-corrected chi connectivity index (χ4v) is 2.94. The number of aryl methyl sites for hydroxylation is 2. The van der Waals surface area contributed by atoms with Crippen LogP contribution in [0.3, 0.4) is 0 Å². The number of amides is 1. The minimum atomic E-state index is -0.342. The Kier molecular flexibility index (Phi) is 2.51. The summed E-state index contributed by atoms with van der Waals surface area (Å²) in [5, 5.41) is 0. The van der Waals surface area contributed by atoms with Gasteiger partial charge in [0.2, 0.25) is 0 Å². The second kappa shape index (κ2) is 3.94. The average molecular weight is 243 g/mol. The molecule has 18 heavy (non-hydrogen) atoms. The lowest BCUT2D eigenvalue weighted by Gasteiger charge is -2.30. The van der Waals surface area contributed by atoms with Crippen molar-refractivity contribution in [3.8, 4) is 0 Å². The molecule has 0 N–H and O–H groups in total. The molecular formula is C15H17NO2. The minimum absolute atomic E-state index is 0.337. The van der Waals surface area contributed by atoms with Gasteiger partial charge in [0.15, 0.2) is 0 Å². The van der Waals surface area contributed by atoms with Crippen LogP contribution in [-0.2, 0) is 4.79 Å². The summed E-state index contributed by atoms with van der Waals surface area (Å²) in [7, 11) is 0. The van der Waals surface area contributed by atoms with Crippen LogP contribution < -0.4 is 4.90 Å². The summed E-state index contributed by atoms with van der Waals surface area (Å²) >= 11 is 0. The van der Waals surface area contributed by atoms with E-state index in [0.29, 0.717) is 18.0 Å². The van der Waals surface area contributed by atoms with Crippen molar-refractivity contribution in [1.29, 1.82) is 0 Å².